The molecular formula is C16H22N2O2. The summed E-state index contributed by atoms with van der Waals surface area (Å²) in [5.41, 5.74) is 1.44. The zero-order valence-corrected chi connectivity index (χ0v) is 12.6. The highest BCUT2D eigenvalue weighted by molar-refractivity contribution is 5.99. The first-order valence-corrected chi connectivity index (χ1v) is 7.06. The number of amides is 2. The van der Waals surface area contributed by atoms with Gasteiger partial charge in [-0.3, -0.25) is 9.59 Å². The van der Waals surface area contributed by atoms with E-state index < -0.39 is 11.6 Å². The number of nitrogens with one attached hydrogen (secondary N) is 1. The quantitative estimate of drug-likeness (QED) is 0.916. The summed E-state index contributed by atoms with van der Waals surface area (Å²) in [6.07, 6.45) is 0.600. The average Bonchev–Trinajstić information content (AvgIpc) is 2.41. The number of rotatable bonds is 3. The molecule has 1 fully saturated rings. The molecule has 4 nitrogen and oxygen atoms in total. The van der Waals surface area contributed by atoms with Gasteiger partial charge in [-0.2, -0.15) is 0 Å². The third-order valence-electron chi connectivity index (χ3n) is 4.18. The zero-order chi connectivity index (χ0) is 14.9. The van der Waals surface area contributed by atoms with E-state index in [9.17, 15) is 9.59 Å². The molecule has 0 radical (unpaired) electrons. The Kier molecular flexibility index (Phi) is 3.84. The molecule has 0 saturated carbocycles. The lowest BCUT2D eigenvalue weighted by Gasteiger charge is -2.45. The molecule has 0 bridgehead atoms. The molecule has 2 atom stereocenters. The minimum absolute atomic E-state index is 0.0181. The number of piperazine rings is 1. The normalized spacial score (nSPS) is 26.6. The SMILES string of the molecule is CCC1(C)C(=O)NC(C)C(=O)N1Cc1cccc(C)c1. The number of carbonyl (C=O) groups is 2. The van der Waals surface area contributed by atoms with Crippen LogP contribution in [-0.2, 0) is 16.1 Å². The van der Waals surface area contributed by atoms with Crippen molar-refractivity contribution >= 4 is 11.8 Å². The van der Waals surface area contributed by atoms with Crippen molar-refractivity contribution in [3.05, 3.63) is 35.4 Å². The van der Waals surface area contributed by atoms with E-state index in [1.807, 2.05) is 39.0 Å². The van der Waals surface area contributed by atoms with Crippen molar-refractivity contribution in [1.82, 2.24) is 10.2 Å². The lowest BCUT2D eigenvalue weighted by molar-refractivity contribution is -0.157. The maximum Gasteiger partial charge on any atom is 0.246 e. The molecule has 1 N–H and O–H groups in total. The molecule has 2 amide bonds. The molecule has 2 rings (SSSR count). The molecule has 1 aliphatic heterocycles. The highest BCUT2D eigenvalue weighted by Crippen LogP contribution is 2.27. The minimum Gasteiger partial charge on any atom is -0.343 e. The first kappa shape index (κ1) is 14.6. The van der Waals surface area contributed by atoms with Crippen LogP contribution in [-0.4, -0.2) is 28.3 Å². The molecule has 0 spiro atoms. The van der Waals surface area contributed by atoms with Gasteiger partial charge >= 0.3 is 0 Å². The van der Waals surface area contributed by atoms with Crippen LogP contribution >= 0.6 is 0 Å². The van der Waals surface area contributed by atoms with E-state index in [1.54, 1.807) is 11.8 Å². The number of nitrogens with zero attached hydrogens (tertiary/aromatic N) is 1. The van der Waals surface area contributed by atoms with Crippen molar-refractivity contribution in [1.29, 1.82) is 0 Å². The van der Waals surface area contributed by atoms with Crippen LogP contribution in [0.15, 0.2) is 24.3 Å². The summed E-state index contributed by atoms with van der Waals surface area (Å²) in [4.78, 5) is 26.4. The second-order valence-corrected chi connectivity index (χ2v) is 5.74. The summed E-state index contributed by atoms with van der Waals surface area (Å²) in [7, 11) is 0. The minimum atomic E-state index is -0.770. The summed E-state index contributed by atoms with van der Waals surface area (Å²) < 4.78 is 0. The van der Waals surface area contributed by atoms with Crippen molar-refractivity contribution in [2.45, 2.75) is 52.2 Å². The highest BCUT2D eigenvalue weighted by atomic mass is 16.2. The Morgan fingerprint density at radius 3 is 2.65 bits per heavy atom. The lowest BCUT2D eigenvalue weighted by Crippen LogP contribution is -2.68. The number of hydrogen-bond donors (Lipinski definition) is 1. The van der Waals surface area contributed by atoms with Gasteiger partial charge in [0.15, 0.2) is 0 Å². The van der Waals surface area contributed by atoms with Crippen molar-refractivity contribution in [3.63, 3.8) is 0 Å². The van der Waals surface area contributed by atoms with Crippen molar-refractivity contribution < 1.29 is 9.59 Å². The van der Waals surface area contributed by atoms with E-state index in [4.69, 9.17) is 0 Å². The van der Waals surface area contributed by atoms with Gasteiger partial charge in [0, 0.05) is 6.54 Å². The lowest BCUT2D eigenvalue weighted by atomic mass is 9.90. The Balaban J connectivity index is 2.34. The third-order valence-corrected chi connectivity index (χ3v) is 4.18. The number of aryl methyl sites for hydroxylation is 1. The van der Waals surface area contributed by atoms with Crippen LogP contribution in [0.3, 0.4) is 0 Å². The summed E-state index contributed by atoms with van der Waals surface area (Å²) >= 11 is 0. The van der Waals surface area contributed by atoms with Gasteiger partial charge < -0.3 is 10.2 Å². The second-order valence-electron chi connectivity index (χ2n) is 5.74. The van der Waals surface area contributed by atoms with Gasteiger partial charge in [0.1, 0.15) is 11.6 Å². The van der Waals surface area contributed by atoms with Gasteiger partial charge in [-0.05, 0) is 32.8 Å². The van der Waals surface area contributed by atoms with Gasteiger partial charge in [-0.15, -0.1) is 0 Å². The maximum atomic E-state index is 12.4. The molecule has 1 aromatic carbocycles. The predicted molar refractivity (Wildman–Crippen MR) is 78.0 cm³/mol. The Hall–Kier alpha value is -1.84. The number of benzene rings is 1. The topological polar surface area (TPSA) is 49.4 Å². The Morgan fingerprint density at radius 2 is 2.05 bits per heavy atom. The van der Waals surface area contributed by atoms with E-state index in [1.165, 1.54) is 0 Å². The summed E-state index contributed by atoms with van der Waals surface area (Å²) in [5, 5.41) is 2.77. The predicted octanol–water partition coefficient (Wildman–Crippen LogP) is 2.01. The molecular weight excluding hydrogens is 252 g/mol. The van der Waals surface area contributed by atoms with Crippen LogP contribution in [0.5, 0.6) is 0 Å². The van der Waals surface area contributed by atoms with Gasteiger partial charge in [-0.1, -0.05) is 36.8 Å². The molecule has 1 heterocycles. The second kappa shape index (κ2) is 5.27. The Morgan fingerprint density at radius 1 is 1.35 bits per heavy atom. The van der Waals surface area contributed by atoms with Gasteiger partial charge in [0.25, 0.3) is 0 Å². The van der Waals surface area contributed by atoms with Crippen molar-refractivity contribution in [2.75, 3.05) is 0 Å². The Bertz CT molecular complexity index is 541. The van der Waals surface area contributed by atoms with Gasteiger partial charge in [0.05, 0.1) is 0 Å². The van der Waals surface area contributed by atoms with Crippen LogP contribution in [0.2, 0.25) is 0 Å². The largest absolute Gasteiger partial charge is 0.343 e. The first-order chi connectivity index (χ1) is 9.38. The first-order valence-electron chi connectivity index (χ1n) is 7.06. The molecule has 1 aliphatic rings. The third kappa shape index (κ3) is 2.42. The number of carbonyl (C=O) groups excluding carboxylic acids is 2. The molecule has 20 heavy (non-hydrogen) atoms. The van der Waals surface area contributed by atoms with Crippen LogP contribution in [0, 0.1) is 6.92 Å². The summed E-state index contributed by atoms with van der Waals surface area (Å²) in [5.74, 6) is -0.0878. The fourth-order valence-corrected chi connectivity index (χ4v) is 2.61. The van der Waals surface area contributed by atoms with Crippen molar-refractivity contribution in [2.24, 2.45) is 0 Å². The Labute approximate surface area is 120 Å². The molecule has 108 valence electrons. The van der Waals surface area contributed by atoms with E-state index in [0.29, 0.717) is 13.0 Å². The highest BCUT2D eigenvalue weighted by Gasteiger charge is 2.46. The van der Waals surface area contributed by atoms with E-state index in [2.05, 4.69) is 11.4 Å². The van der Waals surface area contributed by atoms with Crippen LogP contribution < -0.4 is 5.32 Å². The number of hydrogen-bond acceptors (Lipinski definition) is 2. The maximum absolute atomic E-state index is 12.4. The standard InChI is InChI=1S/C16H22N2O2/c1-5-16(4)15(20)17-12(3)14(19)18(16)10-13-8-6-7-11(2)9-13/h6-9,12H,5,10H2,1-4H3,(H,17,20). The monoisotopic (exact) mass is 274 g/mol. The van der Waals surface area contributed by atoms with Crippen LogP contribution in [0.25, 0.3) is 0 Å². The summed E-state index contributed by atoms with van der Waals surface area (Å²) in [6, 6.07) is 7.60. The van der Waals surface area contributed by atoms with Crippen LogP contribution in [0.4, 0.5) is 0 Å². The fraction of sp³-hybridized carbons (Fsp3) is 0.500. The average molecular weight is 274 g/mol. The van der Waals surface area contributed by atoms with Crippen molar-refractivity contribution in [3.8, 4) is 0 Å². The van der Waals surface area contributed by atoms with E-state index in [-0.39, 0.29) is 11.8 Å². The smallest absolute Gasteiger partial charge is 0.246 e. The molecule has 0 aliphatic carbocycles. The molecule has 0 aromatic heterocycles. The molecule has 4 heteroatoms. The van der Waals surface area contributed by atoms with E-state index in [0.717, 1.165) is 11.1 Å². The zero-order valence-electron chi connectivity index (χ0n) is 12.6. The van der Waals surface area contributed by atoms with E-state index >= 15 is 0 Å². The van der Waals surface area contributed by atoms with Gasteiger partial charge in [-0.25, -0.2) is 0 Å². The fourth-order valence-electron chi connectivity index (χ4n) is 2.61. The van der Waals surface area contributed by atoms with Gasteiger partial charge in [0.2, 0.25) is 11.8 Å². The molecule has 1 aromatic rings. The van der Waals surface area contributed by atoms with Crippen LogP contribution in [0.1, 0.15) is 38.3 Å². The summed E-state index contributed by atoms with van der Waals surface area (Å²) in [6.45, 7) is 8.01. The molecule has 2 unspecified atom stereocenters. The molecule has 1 saturated heterocycles.